The summed E-state index contributed by atoms with van der Waals surface area (Å²) in [6, 6.07) is 0.743. The van der Waals surface area contributed by atoms with Gasteiger partial charge in [-0.25, -0.2) is 0 Å². The molecule has 1 saturated carbocycles. The lowest BCUT2D eigenvalue weighted by molar-refractivity contribution is 0.306. The second-order valence-electron chi connectivity index (χ2n) is 5.43. The highest BCUT2D eigenvalue weighted by Gasteiger charge is 2.30. The van der Waals surface area contributed by atoms with Crippen LogP contribution in [0.4, 0.5) is 0 Å². The third-order valence-electron chi connectivity index (χ3n) is 4.15. The second-order valence-corrected chi connectivity index (χ2v) is 5.43. The van der Waals surface area contributed by atoms with Crippen molar-refractivity contribution in [1.29, 1.82) is 0 Å². The van der Waals surface area contributed by atoms with Crippen molar-refractivity contribution in [2.75, 3.05) is 0 Å². The molecule has 3 rings (SSSR count). The molecular weight excluding hydrogens is 200 g/mol. The van der Waals surface area contributed by atoms with Crippen molar-refractivity contribution in [3.63, 3.8) is 0 Å². The van der Waals surface area contributed by atoms with Crippen LogP contribution in [-0.2, 0) is 13.0 Å². The van der Waals surface area contributed by atoms with E-state index in [1.54, 1.807) is 0 Å². The summed E-state index contributed by atoms with van der Waals surface area (Å²) in [4.78, 5) is 0. The molecule has 1 heterocycles. The molecule has 1 fully saturated rings. The maximum atomic E-state index is 5.53. The molecule has 0 bridgehead atoms. The van der Waals surface area contributed by atoms with Gasteiger partial charge in [-0.15, -0.1) is 0 Å². The van der Waals surface area contributed by atoms with Gasteiger partial charge in [0.25, 0.3) is 0 Å². The van der Waals surface area contributed by atoms with Gasteiger partial charge in [0.15, 0.2) is 0 Å². The molecule has 16 heavy (non-hydrogen) atoms. The van der Waals surface area contributed by atoms with Gasteiger partial charge in [-0.05, 0) is 31.6 Å². The lowest BCUT2D eigenvalue weighted by Crippen LogP contribution is -2.19. The molecule has 2 atom stereocenters. The summed E-state index contributed by atoms with van der Waals surface area (Å²) in [5.74, 6) is 2.40. The van der Waals surface area contributed by atoms with E-state index >= 15 is 0 Å². The molecule has 3 nitrogen and oxygen atoms in total. The van der Waals surface area contributed by atoms with Crippen molar-refractivity contribution in [2.24, 2.45) is 5.92 Å². The number of nitrogens with zero attached hydrogens (tertiary/aromatic N) is 1. The zero-order chi connectivity index (χ0) is 11.1. The number of fused-ring (bicyclic) bond motifs is 1. The Morgan fingerprint density at radius 2 is 2.12 bits per heavy atom. The standard InChI is InChI=1S/C13H20N2O/c1-8-3-6-11-12(7-14-10-4-5-10)15-16-13(11)9(8)2/h8-10,14H,3-7H2,1-2H3. The predicted octanol–water partition coefficient (Wildman–Crippen LogP) is 2.61. The summed E-state index contributed by atoms with van der Waals surface area (Å²) in [5.41, 5.74) is 2.54. The van der Waals surface area contributed by atoms with Crippen LogP contribution >= 0.6 is 0 Å². The average molecular weight is 220 g/mol. The van der Waals surface area contributed by atoms with Crippen LogP contribution in [-0.4, -0.2) is 11.2 Å². The third-order valence-corrected chi connectivity index (χ3v) is 4.15. The molecule has 1 aromatic heterocycles. The molecule has 1 aromatic rings. The molecule has 1 N–H and O–H groups in total. The number of rotatable bonds is 3. The van der Waals surface area contributed by atoms with Crippen LogP contribution in [0.2, 0.25) is 0 Å². The van der Waals surface area contributed by atoms with Crippen LogP contribution < -0.4 is 5.32 Å². The summed E-state index contributed by atoms with van der Waals surface area (Å²) in [6.45, 7) is 5.45. The van der Waals surface area contributed by atoms with E-state index in [1.807, 2.05) is 0 Å². The monoisotopic (exact) mass is 220 g/mol. The lowest BCUT2D eigenvalue weighted by Gasteiger charge is -2.23. The predicted molar refractivity (Wildman–Crippen MR) is 62.3 cm³/mol. The summed E-state index contributed by atoms with van der Waals surface area (Å²) in [6.07, 6.45) is 5.07. The summed E-state index contributed by atoms with van der Waals surface area (Å²) < 4.78 is 5.53. The fourth-order valence-electron chi connectivity index (χ4n) is 2.53. The van der Waals surface area contributed by atoms with Crippen molar-refractivity contribution in [3.8, 4) is 0 Å². The van der Waals surface area contributed by atoms with Crippen LogP contribution in [0.5, 0.6) is 0 Å². The van der Waals surface area contributed by atoms with Gasteiger partial charge in [0.2, 0.25) is 0 Å². The fraction of sp³-hybridized carbons (Fsp3) is 0.769. The van der Waals surface area contributed by atoms with Gasteiger partial charge in [-0.1, -0.05) is 19.0 Å². The van der Waals surface area contributed by atoms with Gasteiger partial charge >= 0.3 is 0 Å². The molecule has 0 saturated heterocycles. The lowest BCUT2D eigenvalue weighted by atomic mass is 9.80. The Hall–Kier alpha value is -0.830. The highest BCUT2D eigenvalue weighted by Crippen LogP contribution is 2.37. The Balaban J connectivity index is 1.77. The summed E-state index contributed by atoms with van der Waals surface area (Å²) in [5, 5.41) is 7.76. The quantitative estimate of drug-likeness (QED) is 0.851. The third kappa shape index (κ3) is 1.77. The Bertz CT molecular complexity index is 381. The molecule has 0 aliphatic heterocycles. The topological polar surface area (TPSA) is 38.1 Å². The fourth-order valence-corrected chi connectivity index (χ4v) is 2.53. The normalized spacial score (nSPS) is 29.1. The number of hydrogen-bond acceptors (Lipinski definition) is 3. The van der Waals surface area contributed by atoms with E-state index in [1.165, 1.54) is 24.8 Å². The number of nitrogens with one attached hydrogen (secondary N) is 1. The molecule has 0 aromatic carbocycles. The minimum absolute atomic E-state index is 0.533. The smallest absolute Gasteiger partial charge is 0.143 e. The molecule has 2 aliphatic carbocycles. The van der Waals surface area contributed by atoms with Crippen molar-refractivity contribution < 1.29 is 4.52 Å². The van der Waals surface area contributed by atoms with E-state index in [2.05, 4.69) is 24.3 Å². The van der Waals surface area contributed by atoms with Crippen LogP contribution in [0.15, 0.2) is 4.52 Å². The highest BCUT2D eigenvalue weighted by molar-refractivity contribution is 5.28. The Labute approximate surface area is 96.6 Å². The zero-order valence-electron chi connectivity index (χ0n) is 10.1. The van der Waals surface area contributed by atoms with Gasteiger partial charge in [-0.3, -0.25) is 0 Å². The van der Waals surface area contributed by atoms with Gasteiger partial charge < -0.3 is 9.84 Å². The van der Waals surface area contributed by atoms with E-state index in [9.17, 15) is 0 Å². The molecule has 3 heteroatoms. The Morgan fingerprint density at radius 3 is 2.88 bits per heavy atom. The maximum Gasteiger partial charge on any atom is 0.143 e. The van der Waals surface area contributed by atoms with Gasteiger partial charge in [0, 0.05) is 24.1 Å². The molecule has 0 radical (unpaired) electrons. The average Bonchev–Trinajstić information content (AvgIpc) is 3.01. The largest absolute Gasteiger partial charge is 0.361 e. The molecule has 2 unspecified atom stereocenters. The first-order chi connectivity index (χ1) is 7.75. The minimum atomic E-state index is 0.533. The van der Waals surface area contributed by atoms with Crippen molar-refractivity contribution >= 4 is 0 Å². The molecular formula is C13H20N2O. The Kier molecular flexibility index (Phi) is 2.51. The highest BCUT2D eigenvalue weighted by atomic mass is 16.5. The Morgan fingerprint density at radius 1 is 1.31 bits per heavy atom. The first-order valence-corrected chi connectivity index (χ1v) is 6.46. The van der Waals surface area contributed by atoms with Gasteiger partial charge in [-0.2, -0.15) is 0 Å². The second kappa shape index (κ2) is 3.88. The molecule has 2 aliphatic rings. The first-order valence-electron chi connectivity index (χ1n) is 6.46. The van der Waals surface area contributed by atoms with Crippen molar-refractivity contribution in [2.45, 2.75) is 58.0 Å². The number of aromatic nitrogens is 1. The summed E-state index contributed by atoms with van der Waals surface area (Å²) >= 11 is 0. The van der Waals surface area contributed by atoms with E-state index < -0.39 is 0 Å². The zero-order valence-corrected chi connectivity index (χ0v) is 10.1. The maximum absolute atomic E-state index is 5.53. The van der Waals surface area contributed by atoms with Crippen LogP contribution in [0.3, 0.4) is 0 Å². The van der Waals surface area contributed by atoms with E-state index in [-0.39, 0.29) is 0 Å². The van der Waals surface area contributed by atoms with Gasteiger partial charge in [0.05, 0.1) is 0 Å². The van der Waals surface area contributed by atoms with Gasteiger partial charge in [0.1, 0.15) is 11.5 Å². The molecule has 88 valence electrons. The van der Waals surface area contributed by atoms with E-state index in [4.69, 9.17) is 4.52 Å². The van der Waals surface area contributed by atoms with Crippen LogP contribution in [0.25, 0.3) is 0 Å². The number of hydrogen-bond donors (Lipinski definition) is 1. The minimum Gasteiger partial charge on any atom is -0.361 e. The molecule has 0 spiro atoms. The van der Waals surface area contributed by atoms with Crippen LogP contribution in [0, 0.1) is 5.92 Å². The SMILES string of the molecule is CC1CCc2c(CNC3CC3)noc2C1C. The first kappa shape index (κ1) is 10.3. The molecule has 0 amide bonds. The van der Waals surface area contributed by atoms with Crippen molar-refractivity contribution in [3.05, 3.63) is 17.0 Å². The van der Waals surface area contributed by atoms with E-state index in [0.717, 1.165) is 36.4 Å². The van der Waals surface area contributed by atoms with Crippen molar-refractivity contribution in [1.82, 2.24) is 10.5 Å². The van der Waals surface area contributed by atoms with E-state index in [0.29, 0.717) is 5.92 Å². The summed E-state index contributed by atoms with van der Waals surface area (Å²) in [7, 11) is 0. The van der Waals surface area contributed by atoms with Crippen LogP contribution in [0.1, 0.15) is 56.0 Å².